The first-order valence-corrected chi connectivity index (χ1v) is 9.39. The molecule has 2 unspecified atom stereocenters. The smallest absolute Gasteiger partial charge is 0.207 e. The summed E-state index contributed by atoms with van der Waals surface area (Å²) in [6.45, 7) is 4.03. The van der Waals surface area contributed by atoms with E-state index < -0.39 is 10.0 Å². The highest BCUT2D eigenvalue weighted by atomic mass is 79.9. The monoisotopic (exact) mass is 409 g/mol. The van der Waals surface area contributed by atoms with Crippen molar-refractivity contribution in [2.24, 2.45) is 0 Å². The number of hydrogen-bond donors (Lipinski definition) is 0. The van der Waals surface area contributed by atoms with Crippen LogP contribution in [0.1, 0.15) is 33.1 Å². The van der Waals surface area contributed by atoms with Gasteiger partial charge in [-0.3, -0.25) is 0 Å². The predicted molar refractivity (Wildman–Crippen MR) is 83.6 cm³/mol. The molecule has 0 spiro atoms. The minimum Gasteiger partial charge on any atom is -0.207 e. The van der Waals surface area contributed by atoms with Crippen LogP contribution in [-0.4, -0.2) is 24.8 Å². The molecule has 106 valence electrons. The molecule has 0 bridgehead atoms. The lowest BCUT2D eigenvalue weighted by atomic mass is 10.2. The fraction of sp³-hybridized carbons (Fsp3) is 0.538. The zero-order chi connectivity index (χ0) is 14.2. The van der Waals surface area contributed by atoms with Crippen molar-refractivity contribution in [3.8, 4) is 0 Å². The normalized spacial score (nSPS) is 24.8. The zero-order valence-electron chi connectivity index (χ0n) is 10.9. The summed E-state index contributed by atoms with van der Waals surface area (Å²) in [5, 5.41) is 0. The fourth-order valence-electron chi connectivity index (χ4n) is 2.66. The number of nitrogens with zero attached hydrogens (tertiary/aromatic N) is 1. The van der Waals surface area contributed by atoms with Crippen molar-refractivity contribution >= 4 is 41.9 Å². The van der Waals surface area contributed by atoms with E-state index in [4.69, 9.17) is 0 Å². The van der Waals surface area contributed by atoms with E-state index in [0.717, 1.165) is 23.7 Å². The molecule has 1 aromatic carbocycles. The Labute approximate surface area is 131 Å². The van der Waals surface area contributed by atoms with E-state index >= 15 is 0 Å². The average Bonchev–Trinajstić information content (AvgIpc) is 2.70. The van der Waals surface area contributed by atoms with Gasteiger partial charge in [0.15, 0.2) is 0 Å². The third kappa shape index (κ3) is 2.91. The van der Waals surface area contributed by atoms with Crippen molar-refractivity contribution < 1.29 is 8.42 Å². The Balaban J connectivity index is 2.47. The molecule has 1 fully saturated rings. The molecule has 1 aromatic rings. The molecule has 0 N–H and O–H groups in total. The summed E-state index contributed by atoms with van der Waals surface area (Å²) < 4.78 is 28.8. The molecule has 1 heterocycles. The van der Waals surface area contributed by atoms with Crippen molar-refractivity contribution in [3.63, 3.8) is 0 Å². The Kier molecular flexibility index (Phi) is 4.75. The van der Waals surface area contributed by atoms with Gasteiger partial charge in [-0.1, -0.05) is 22.9 Å². The maximum Gasteiger partial charge on any atom is 0.244 e. The summed E-state index contributed by atoms with van der Waals surface area (Å²) >= 11 is 6.70. The summed E-state index contributed by atoms with van der Waals surface area (Å²) in [4.78, 5) is 0.350. The lowest BCUT2D eigenvalue weighted by Crippen LogP contribution is -2.39. The molecule has 0 aromatic heterocycles. The van der Waals surface area contributed by atoms with E-state index in [2.05, 4.69) is 31.9 Å². The van der Waals surface area contributed by atoms with Crippen LogP contribution in [0.25, 0.3) is 0 Å². The van der Waals surface area contributed by atoms with Crippen LogP contribution in [0, 0.1) is 0 Å². The first-order valence-electron chi connectivity index (χ1n) is 6.36. The molecule has 0 saturated carbocycles. The van der Waals surface area contributed by atoms with Crippen molar-refractivity contribution in [3.05, 3.63) is 27.1 Å². The van der Waals surface area contributed by atoms with Crippen molar-refractivity contribution in [1.29, 1.82) is 0 Å². The van der Waals surface area contributed by atoms with Gasteiger partial charge in [0.05, 0.1) is 4.90 Å². The van der Waals surface area contributed by atoms with E-state index in [-0.39, 0.29) is 12.1 Å². The lowest BCUT2D eigenvalue weighted by molar-refractivity contribution is 0.328. The van der Waals surface area contributed by atoms with E-state index in [0.29, 0.717) is 9.37 Å². The van der Waals surface area contributed by atoms with Gasteiger partial charge in [-0.15, -0.1) is 0 Å². The molecule has 3 nitrogen and oxygen atoms in total. The standard InChI is InChI=1S/C13H17Br2NO2S/c1-3-11-6-4-9(2)16(11)19(17,18)13-7-5-10(14)8-12(13)15/h5,7-9,11H,3-4,6H2,1-2H3. The second kappa shape index (κ2) is 5.84. The van der Waals surface area contributed by atoms with Crippen molar-refractivity contribution in [2.45, 2.75) is 50.1 Å². The Morgan fingerprint density at radius 3 is 2.58 bits per heavy atom. The van der Waals surface area contributed by atoms with Gasteiger partial charge in [0.25, 0.3) is 0 Å². The minimum absolute atomic E-state index is 0.0745. The van der Waals surface area contributed by atoms with Gasteiger partial charge >= 0.3 is 0 Å². The molecular formula is C13H17Br2NO2S. The Morgan fingerprint density at radius 1 is 1.32 bits per heavy atom. The van der Waals surface area contributed by atoms with Gasteiger partial charge in [0, 0.05) is 21.0 Å². The third-order valence-electron chi connectivity index (χ3n) is 3.63. The van der Waals surface area contributed by atoms with Crippen molar-refractivity contribution in [1.82, 2.24) is 4.31 Å². The van der Waals surface area contributed by atoms with Crippen LogP contribution in [0.5, 0.6) is 0 Å². The summed E-state index contributed by atoms with van der Waals surface area (Å²) in [6, 6.07) is 5.39. The first kappa shape index (κ1) is 15.5. The van der Waals surface area contributed by atoms with Gasteiger partial charge in [0.1, 0.15) is 0 Å². The predicted octanol–water partition coefficient (Wildman–Crippen LogP) is 4.16. The van der Waals surface area contributed by atoms with Crippen LogP contribution < -0.4 is 0 Å². The number of hydrogen-bond acceptors (Lipinski definition) is 2. The van der Waals surface area contributed by atoms with E-state index in [1.54, 1.807) is 22.5 Å². The zero-order valence-corrected chi connectivity index (χ0v) is 14.9. The van der Waals surface area contributed by atoms with Gasteiger partial charge in [0.2, 0.25) is 10.0 Å². The topological polar surface area (TPSA) is 37.4 Å². The lowest BCUT2D eigenvalue weighted by Gasteiger charge is -2.27. The highest BCUT2D eigenvalue weighted by molar-refractivity contribution is 9.11. The molecule has 1 aliphatic heterocycles. The van der Waals surface area contributed by atoms with E-state index in [9.17, 15) is 8.42 Å². The van der Waals surface area contributed by atoms with Gasteiger partial charge in [-0.2, -0.15) is 4.31 Å². The molecule has 6 heteroatoms. The second-order valence-electron chi connectivity index (χ2n) is 4.90. The molecule has 2 atom stereocenters. The SMILES string of the molecule is CCC1CCC(C)N1S(=O)(=O)c1ccc(Br)cc1Br. The Morgan fingerprint density at radius 2 is 2.00 bits per heavy atom. The second-order valence-corrected chi connectivity index (χ2v) is 8.48. The number of rotatable bonds is 3. The molecule has 0 aliphatic carbocycles. The van der Waals surface area contributed by atoms with Gasteiger partial charge in [-0.25, -0.2) is 8.42 Å². The Bertz CT molecular complexity index is 574. The van der Waals surface area contributed by atoms with Crippen LogP contribution in [0.2, 0.25) is 0 Å². The number of halogens is 2. The largest absolute Gasteiger partial charge is 0.244 e. The third-order valence-corrected chi connectivity index (χ3v) is 7.17. The molecule has 19 heavy (non-hydrogen) atoms. The minimum atomic E-state index is -3.43. The summed E-state index contributed by atoms with van der Waals surface area (Å²) in [6.07, 6.45) is 2.74. The molecule has 1 saturated heterocycles. The molecular weight excluding hydrogens is 394 g/mol. The van der Waals surface area contributed by atoms with Crippen LogP contribution in [0.15, 0.2) is 32.0 Å². The molecule has 0 radical (unpaired) electrons. The average molecular weight is 411 g/mol. The van der Waals surface area contributed by atoms with E-state index in [1.165, 1.54) is 0 Å². The van der Waals surface area contributed by atoms with Crippen molar-refractivity contribution in [2.75, 3.05) is 0 Å². The van der Waals surface area contributed by atoms with Crippen LogP contribution >= 0.6 is 31.9 Å². The molecule has 1 aliphatic rings. The highest BCUT2D eigenvalue weighted by Gasteiger charge is 2.39. The maximum absolute atomic E-state index is 12.8. The Hall–Kier alpha value is 0.0900. The van der Waals surface area contributed by atoms with Crippen LogP contribution in [0.3, 0.4) is 0 Å². The number of sulfonamides is 1. The van der Waals surface area contributed by atoms with Gasteiger partial charge < -0.3 is 0 Å². The maximum atomic E-state index is 12.8. The van der Waals surface area contributed by atoms with Crippen LogP contribution in [-0.2, 0) is 10.0 Å². The van der Waals surface area contributed by atoms with Crippen LogP contribution in [0.4, 0.5) is 0 Å². The fourth-order valence-corrected chi connectivity index (χ4v) is 6.32. The highest BCUT2D eigenvalue weighted by Crippen LogP contribution is 2.35. The van der Waals surface area contributed by atoms with E-state index in [1.807, 2.05) is 13.8 Å². The van der Waals surface area contributed by atoms with Gasteiger partial charge in [-0.05, 0) is 60.3 Å². The number of benzene rings is 1. The summed E-state index contributed by atoms with van der Waals surface area (Å²) in [5.41, 5.74) is 0. The first-order chi connectivity index (χ1) is 8.87. The summed E-state index contributed by atoms with van der Waals surface area (Å²) in [5.74, 6) is 0. The quantitative estimate of drug-likeness (QED) is 0.749. The summed E-state index contributed by atoms with van der Waals surface area (Å²) in [7, 11) is -3.43. The molecule has 2 rings (SSSR count). The molecule has 0 amide bonds.